The zero-order valence-corrected chi connectivity index (χ0v) is 15.6. The van der Waals surface area contributed by atoms with Gasteiger partial charge in [-0.25, -0.2) is 9.37 Å². The van der Waals surface area contributed by atoms with Crippen molar-refractivity contribution in [3.8, 4) is 5.75 Å². The Labute approximate surface area is 166 Å². The lowest BCUT2D eigenvalue weighted by atomic mass is 10.0. The van der Waals surface area contributed by atoms with Gasteiger partial charge < -0.3 is 4.74 Å². The highest BCUT2D eigenvalue weighted by Gasteiger charge is 2.10. The van der Waals surface area contributed by atoms with Crippen LogP contribution in [0.2, 0.25) is 0 Å². The van der Waals surface area contributed by atoms with Crippen molar-refractivity contribution in [2.45, 2.75) is 13.5 Å². The number of pyridine rings is 1. The second kappa shape index (κ2) is 7.67. The summed E-state index contributed by atoms with van der Waals surface area (Å²) in [4.78, 5) is 29.2. The highest BCUT2D eigenvalue weighted by Crippen LogP contribution is 2.17. The monoisotopic (exact) mass is 388 g/mol. The summed E-state index contributed by atoms with van der Waals surface area (Å²) in [6.07, 6.45) is 0. The summed E-state index contributed by atoms with van der Waals surface area (Å²) in [5.41, 5.74) is 2.63. The van der Waals surface area contributed by atoms with E-state index in [9.17, 15) is 14.0 Å². The van der Waals surface area contributed by atoms with Crippen LogP contribution in [0, 0.1) is 12.7 Å². The van der Waals surface area contributed by atoms with Crippen LogP contribution >= 0.6 is 0 Å². The predicted octanol–water partition coefficient (Wildman–Crippen LogP) is 3.95. The summed E-state index contributed by atoms with van der Waals surface area (Å²) < 4.78 is 20.3. The topological polar surface area (TPSA) is 60.7 Å². The average Bonchev–Trinajstić information content (AvgIpc) is 2.72. The first-order chi connectivity index (χ1) is 14.0. The summed E-state index contributed by atoms with van der Waals surface area (Å²) in [6.45, 7) is 1.98. The molecule has 6 heteroatoms. The van der Waals surface area contributed by atoms with Gasteiger partial charge in [0.1, 0.15) is 23.8 Å². The molecule has 0 spiro atoms. The Morgan fingerprint density at radius 1 is 1.00 bits per heavy atom. The van der Waals surface area contributed by atoms with E-state index in [4.69, 9.17) is 4.74 Å². The van der Waals surface area contributed by atoms with Crippen molar-refractivity contribution in [1.29, 1.82) is 0 Å². The van der Waals surface area contributed by atoms with E-state index in [1.54, 1.807) is 34.7 Å². The zero-order chi connectivity index (χ0) is 20.4. The molecule has 0 bridgehead atoms. The molecule has 0 aliphatic carbocycles. The molecule has 144 valence electrons. The molecular weight excluding hydrogens is 371 g/mol. The molecule has 0 amide bonds. The molecule has 0 radical (unpaired) electrons. The minimum atomic E-state index is -0.387. The number of nitrogens with zero attached hydrogens (tertiary/aromatic N) is 2. The minimum Gasteiger partial charge on any atom is -0.487 e. The Bertz CT molecular complexity index is 1250. The number of ketones is 1. The van der Waals surface area contributed by atoms with E-state index in [-0.39, 0.29) is 23.8 Å². The predicted molar refractivity (Wildman–Crippen MR) is 107 cm³/mol. The minimum absolute atomic E-state index is 0.130. The van der Waals surface area contributed by atoms with Crippen molar-refractivity contribution in [1.82, 2.24) is 9.38 Å². The largest absolute Gasteiger partial charge is 0.487 e. The van der Waals surface area contributed by atoms with E-state index in [1.807, 2.05) is 19.1 Å². The molecule has 4 rings (SSSR count). The number of fused-ring (bicyclic) bond motifs is 1. The molecule has 0 aliphatic heterocycles. The molecule has 0 fully saturated rings. The number of halogens is 1. The first kappa shape index (κ1) is 18.6. The van der Waals surface area contributed by atoms with Crippen molar-refractivity contribution >= 4 is 11.4 Å². The molecule has 0 N–H and O–H groups in total. The van der Waals surface area contributed by atoms with Gasteiger partial charge in [-0.05, 0) is 67.6 Å². The Balaban J connectivity index is 1.48. The second-order valence-electron chi connectivity index (χ2n) is 6.60. The van der Waals surface area contributed by atoms with Crippen LogP contribution in [0.15, 0.2) is 77.6 Å². The fourth-order valence-electron chi connectivity index (χ4n) is 3.07. The normalized spacial score (nSPS) is 10.8. The molecule has 0 saturated carbocycles. The van der Waals surface area contributed by atoms with Crippen LogP contribution < -0.4 is 10.3 Å². The first-order valence-electron chi connectivity index (χ1n) is 9.03. The molecule has 0 unspecified atom stereocenters. The van der Waals surface area contributed by atoms with Gasteiger partial charge >= 0.3 is 0 Å². The third kappa shape index (κ3) is 3.91. The third-order valence-corrected chi connectivity index (χ3v) is 4.54. The molecular formula is C23H17FN2O3. The number of hydrogen-bond acceptors (Lipinski definition) is 4. The quantitative estimate of drug-likeness (QED) is 0.486. The Morgan fingerprint density at radius 2 is 1.66 bits per heavy atom. The molecule has 2 aromatic carbocycles. The van der Waals surface area contributed by atoms with Gasteiger partial charge in [-0.3, -0.25) is 14.0 Å². The number of benzene rings is 2. The maximum atomic E-state index is 13.0. The van der Waals surface area contributed by atoms with Crippen molar-refractivity contribution < 1.29 is 13.9 Å². The number of carbonyl (C=O) groups is 1. The molecule has 2 heterocycles. The third-order valence-electron chi connectivity index (χ3n) is 4.54. The van der Waals surface area contributed by atoms with Gasteiger partial charge in [0.2, 0.25) is 0 Å². The van der Waals surface area contributed by atoms with Gasteiger partial charge in [0.25, 0.3) is 5.56 Å². The van der Waals surface area contributed by atoms with Crippen LogP contribution in [0.1, 0.15) is 27.3 Å². The lowest BCUT2D eigenvalue weighted by Gasteiger charge is -2.09. The van der Waals surface area contributed by atoms with E-state index < -0.39 is 0 Å². The number of ether oxygens (including phenoxy) is 1. The van der Waals surface area contributed by atoms with Crippen LogP contribution in [0.4, 0.5) is 4.39 Å². The molecule has 4 aromatic rings. The van der Waals surface area contributed by atoms with E-state index >= 15 is 0 Å². The summed E-state index contributed by atoms with van der Waals surface area (Å²) in [7, 11) is 0. The highest BCUT2D eigenvalue weighted by atomic mass is 19.1. The molecule has 29 heavy (non-hydrogen) atoms. The maximum absolute atomic E-state index is 13.0. The number of carbonyl (C=O) groups excluding carboxylic acids is 1. The fourth-order valence-corrected chi connectivity index (χ4v) is 3.07. The van der Waals surface area contributed by atoms with Crippen molar-refractivity contribution in [3.05, 3.63) is 111 Å². The van der Waals surface area contributed by atoms with Gasteiger partial charge in [-0.1, -0.05) is 6.07 Å². The van der Waals surface area contributed by atoms with E-state index in [0.717, 1.165) is 5.69 Å². The Morgan fingerprint density at radius 3 is 2.34 bits per heavy atom. The molecule has 0 aliphatic rings. The van der Waals surface area contributed by atoms with Gasteiger partial charge in [-0.2, -0.15) is 0 Å². The fraction of sp³-hybridized carbons (Fsp3) is 0.0870. The van der Waals surface area contributed by atoms with Crippen molar-refractivity contribution in [2.75, 3.05) is 0 Å². The molecule has 0 saturated heterocycles. The average molecular weight is 388 g/mol. The summed E-state index contributed by atoms with van der Waals surface area (Å²) in [6, 6.07) is 19.0. The smallest absolute Gasteiger partial charge is 0.258 e. The van der Waals surface area contributed by atoms with Crippen molar-refractivity contribution in [2.24, 2.45) is 0 Å². The van der Waals surface area contributed by atoms with E-state index in [2.05, 4.69) is 4.98 Å². The van der Waals surface area contributed by atoms with Crippen LogP contribution in [0.3, 0.4) is 0 Å². The number of aryl methyl sites for hydroxylation is 1. The summed E-state index contributed by atoms with van der Waals surface area (Å²) in [5, 5.41) is 0. The van der Waals surface area contributed by atoms with Crippen LogP contribution in [-0.2, 0) is 6.61 Å². The highest BCUT2D eigenvalue weighted by molar-refractivity contribution is 6.08. The Kier molecular flexibility index (Phi) is 4.91. The summed E-state index contributed by atoms with van der Waals surface area (Å²) >= 11 is 0. The number of rotatable bonds is 5. The van der Waals surface area contributed by atoms with Crippen molar-refractivity contribution in [3.63, 3.8) is 0 Å². The van der Waals surface area contributed by atoms with Crippen LogP contribution in [-0.4, -0.2) is 15.2 Å². The number of hydrogen-bond donors (Lipinski definition) is 0. The standard InChI is InChI=1S/C23H17FN2O3/c1-15-3-2-4-21-25-19(13-22(27)26(15)21)14-29-20-11-7-17(8-12-20)23(28)16-5-9-18(24)10-6-16/h2-13H,14H2,1H3. The van der Waals surface area contributed by atoms with E-state index in [0.29, 0.717) is 28.2 Å². The number of aromatic nitrogens is 2. The maximum Gasteiger partial charge on any atom is 0.258 e. The van der Waals surface area contributed by atoms with Gasteiger partial charge in [0.05, 0.1) is 5.69 Å². The SMILES string of the molecule is Cc1cccc2nc(COc3ccc(C(=O)c4ccc(F)cc4)cc3)cc(=O)n12. The van der Waals surface area contributed by atoms with Gasteiger partial charge in [0, 0.05) is 22.9 Å². The molecule has 0 atom stereocenters. The van der Waals surface area contributed by atoms with E-state index in [1.165, 1.54) is 30.3 Å². The molecule has 2 aromatic heterocycles. The Hall–Kier alpha value is -3.80. The van der Waals surface area contributed by atoms with Crippen LogP contribution in [0.25, 0.3) is 5.65 Å². The van der Waals surface area contributed by atoms with Gasteiger partial charge in [0.15, 0.2) is 5.78 Å². The second-order valence-corrected chi connectivity index (χ2v) is 6.60. The zero-order valence-electron chi connectivity index (χ0n) is 15.6. The summed E-state index contributed by atoms with van der Waals surface area (Å²) in [5.74, 6) is -0.0366. The lowest BCUT2D eigenvalue weighted by molar-refractivity contribution is 0.103. The van der Waals surface area contributed by atoms with Crippen LogP contribution in [0.5, 0.6) is 5.75 Å². The molecule has 5 nitrogen and oxygen atoms in total. The first-order valence-corrected chi connectivity index (χ1v) is 9.03. The lowest BCUT2D eigenvalue weighted by Crippen LogP contribution is -2.18. The van der Waals surface area contributed by atoms with Gasteiger partial charge in [-0.15, -0.1) is 0 Å².